The van der Waals surface area contributed by atoms with Gasteiger partial charge in [-0.2, -0.15) is 0 Å². The van der Waals surface area contributed by atoms with Gasteiger partial charge in [-0.15, -0.1) is 0 Å². The van der Waals surface area contributed by atoms with Crippen molar-refractivity contribution in [1.82, 2.24) is 4.98 Å². The lowest BCUT2D eigenvalue weighted by Gasteiger charge is -2.19. The minimum absolute atomic E-state index is 0.0958. The molecular formula is C10H17N3O2S. The summed E-state index contributed by atoms with van der Waals surface area (Å²) in [6.07, 6.45) is 2.88. The summed E-state index contributed by atoms with van der Waals surface area (Å²) in [6, 6.07) is 1.82. The van der Waals surface area contributed by atoms with Crippen LogP contribution < -0.4 is 10.6 Å². The van der Waals surface area contributed by atoms with Gasteiger partial charge in [0.15, 0.2) is 5.82 Å². The van der Waals surface area contributed by atoms with E-state index < -0.39 is 9.84 Å². The van der Waals surface area contributed by atoms with Crippen LogP contribution in [-0.4, -0.2) is 39.0 Å². The molecule has 0 unspecified atom stereocenters. The van der Waals surface area contributed by atoms with Crippen LogP contribution >= 0.6 is 0 Å². The van der Waals surface area contributed by atoms with Crippen molar-refractivity contribution in [3.63, 3.8) is 0 Å². The van der Waals surface area contributed by atoms with Crippen molar-refractivity contribution in [2.45, 2.75) is 6.92 Å². The Morgan fingerprint density at radius 3 is 2.69 bits per heavy atom. The molecule has 0 fully saturated rings. The van der Waals surface area contributed by atoms with Crippen molar-refractivity contribution >= 4 is 21.3 Å². The number of hydrogen-bond acceptors (Lipinski definition) is 5. The zero-order valence-corrected chi connectivity index (χ0v) is 10.6. The molecule has 0 aromatic carbocycles. The Balaban J connectivity index is 2.81. The summed E-state index contributed by atoms with van der Waals surface area (Å²) in [4.78, 5) is 5.90. The molecule has 0 spiro atoms. The summed E-state index contributed by atoms with van der Waals surface area (Å²) in [5.41, 5.74) is 7.41. The first-order valence-electron chi connectivity index (χ1n) is 4.91. The van der Waals surface area contributed by atoms with E-state index in [1.807, 2.05) is 13.0 Å². The number of pyridine rings is 1. The lowest BCUT2D eigenvalue weighted by atomic mass is 10.2. The lowest BCUT2D eigenvalue weighted by molar-refractivity contribution is 0.601. The van der Waals surface area contributed by atoms with Crippen LogP contribution in [-0.2, 0) is 9.84 Å². The molecular weight excluding hydrogens is 226 g/mol. The molecule has 90 valence electrons. The molecule has 0 radical (unpaired) electrons. The van der Waals surface area contributed by atoms with Crippen LogP contribution in [0.4, 0.5) is 11.5 Å². The van der Waals surface area contributed by atoms with E-state index in [1.54, 1.807) is 18.1 Å². The number of aromatic nitrogens is 1. The van der Waals surface area contributed by atoms with Crippen molar-refractivity contribution in [2.75, 3.05) is 36.2 Å². The van der Waals surface area contributed by atoms with Crippen LogP contribution in [0.2, 0.25) is 0 Å². The van der Waals surface area contributed by atoms with Crippen LogP contribution in [0, 0.1) is 6.92 Å². The second kappa shape index (κ2) is 4.69. The van der Waals surface area contributed by atoms with E-state index >= 15 is 0 Å². The average molecular weight is 243 g/mol. The molecule has 0 saturated carbocycles. The Labute approximate surface area is 96.2 Å². The quantitative estimate of drug-likeness (QED) is 0.831. The molecule has 0 saturated heterocycles. The van der Waals surface area contributed by atoms with E-state index in [0.29, 0.717) is 18.1 Å². The lowest BCUT2D eigenvalue weighted by Crippen LogP contribution is -2.26. The number of anilines is 2. The number of nitrogens with two attached hydrogens (primary N) is 1. The van der Waals surface area contributed by atoms with Gasteiger partial charge in [-0.3, -0.25) is 0 Å². The standard InChI is InChI=1S/C10H17N3O2S/c1-8-4-5-12-10(9(8)11)13(2)6-7-16(3,14)15/h4-5H,6-7,11H2,1-3H3. The zero-order chi connectivity index (χ0) is 12.3. The third-order valence-corrected chi connectivity index (χ3v) is 3.27. The van der Waals surface area contributed by atoms with E-state index in [0.717, 1.165) is 5.56 Å². The molecule has 1 aromatic heterocycles. The third-order valence-electron chi connectivity index (χ3n) is 2.35. The van der Waals surface area contributed by atoms with Gasteiger partial charge in [-0.25, -0.2) is 13.4 Å². The Hall–Kier alpha value is -1.30. The summed E-state index contributed by atoms with van der Waals surface area (Å²) in [5, 5.41) is 0. The predicted molar refractivity (Wildman–Crippen MR) is 66.4 cm³/mol. The van der Waals surface area contributed by atoms with Gasteiger partial charge in [0.1, 0.15) is 9.84 Å². The molecule has 5 nitrogen and oxygen atoms in total. The van der Waals surface area contributed by atoms with E-state index in [-0.39, 0.29) is 5.75 Å². The van der Waals surface area contributed by atoms with Crippen molar-refractivity contribution in [1.29, 1.82) is 0 Å². The molecule has 0 aliphatic heterocycles. The minimum atomic E-state index is -2.96. The zero-order valence-electron chi connectivity index (χ0n) is 9.77. The Morgan fingerprint density at radius 2 is 2.12 bits per heavy atom. The van der Waals surface area contributed by atoms with Gasteiger partial charge < -0.3 is 10.6 Å². The maximum Gasteiger partial charge on any atom is 0.151 e. The van der Waals surface area contributed by atoms with Crippen molar-refractivity contribution < 1.29 is 8.42 Å². The first kappa shape index (κ1) is 12.8. The van der Waals surface area contributed by atoms with Gasteiger partial charge in [0, 0.05) is 26.0 Å². The Morgan fingerprint density at radius 1 is 1.50 bits per heavy atom. The highest BCUT2D eigenvalue weighted by Gasteiger charge is 2.10. The molecule has 0 amide bonds. The highest BCUT2D eigenvalue weighted by atomic mass is 32.2. The number of nitrogens with zero attached hydrogens (tertiary/aromatic N) is 2. The average Bonchev–Trinajstić information content (AvgIpc) is 2.17. The van der Waals surface area contributed by atoms with Crippen molar-refractivity contribution in [2.24, 2.45) is 0 Å². The second-order valence-electron chi connectivity index (χ2n) is 3.92. The van der Waals surface area contributed by atoms with Crippen molar-refractivity contribution in [3.8, 4) is 0 Å². The molecule has 2 N–H and O–H groups in total. The van der Waals surface area contributed by atoms with Crippen LogP contribution in [0.15, 0.2) is 12.3 Å². The summed E-state index contributed by atoms with van der Waals surface area (Å²) in [6.45, 7) is 2.28. The Bertz CT molecular complexity index is 471. The third kappa shape index (κ3) is 3.37. The van der Waals surface area contributed by atoms with E-state index in [9.17, 15) is 8.42 Å². The summed E-state index contributed by atoms with van der Waals surface area (Å²) in [5.74, 6) is 0.724. The molecule has 0 aliphatic rings. The first-order chi connectivity index (χ1) is 7.31. The SMILES string of the molecule is Cc1ccnc(N(C)CCS(C)(=O)=O)c1N. The van der Waals surface area contributed by atoms with Gasteiger partial charge in [-0.05, 0) is 18.6 Å². The van der Waals surface area contributed by atoms with Crippen molar-refractivity contribution in [3.05, 3.63) is 17.8 Å². The van der Waals surface area contributed by atoms with Crippen LogP contribution in [0.1, 0.15) is 5.56 Å². The molecule has 1 rings (SSSR count). The maximum absolute atomic E-state index is 11.0. The highest BCUT2D eigenvalue weighted by molar-refractivity contribution is 7.90. The van der Waals surface area contributed by atoms with Crippen LogP contribution in [0.25, 0.3) is 0 Å². The molecule has 16 heavy (non-hydrogen) atoms. The Kier molecular flexibility index (Phi) is 3.74. The maximum atomic E-state index is 11.0. The molecule has 1 heterocycles. The van der Waals surface area contributed by atoms with Crippen LogP contribution in [0.3, 0.4) is 0 Å². The smallest absolute Gasteiger partial charge is 0.151 e. The summed E-state index contributed by atoms with van der Waals surface area (Å²) < 4.78 is 22.1. The molecule has 0 aliphatic carbocycles. The largest absolute Gasteiger partial charge is 0.396 e. The molecule has 6 heteroatoms. The van der Waals surface area contributed by atoms with Gasteiger partial charge in [0.05, 0.1) is 11.4 Å². The van der Waals surface area contributed by atoms with E-state index in [1.165, 1.54) is 6.26 Å². The molecule has 0 atom stereocenters. The number of rotatable bonds is 4. The fourth-order valence-electron chi connectivity index (χ4n) is 1.27. The second-order valence-corrected chi connectivity index (χ2v) is 6.18. The van der Waals surface area contributed by atoms with Crippen LogP contribution in [0.5, 0.6) is 0 Å². The first-order valence-corrected chi connectivity index (χ1v) is 6.97. The number of nitrogen functional groups attached to an aromatic ring is 1. The van der Waals surface area contributed by atoms with Gasteiger partial charge in [0.2, 0.25) is 0 Å². The fraction of sp³-hybridized carbons (Fsp3) is 0.500. The van der Waals surface area contributed by atoms with E-state index in [2.05, 4.69) is 4.98 Å². The summed E-state index contributed by atoms with van der Waals surface area (Å²) >= 11 is 0. The fourth-order valence-corrected chi connectivity index (χ4v) is 1.87. The van der Waals surface area contributed by atoms with Gasteiger partial charge >= 0.3 is 0 Å². The summed E-state index contributed by atoms with van der Waals surface area (Å²) in [7, 11) is -1.18. The number of hydrogen-bond donors (Lipinski definition) is 1. The highest BCUT2D eigenvalue weighted by Crippen LogP contribution is 2.21. The predicted octanol–water partition coefficient (Wildman–Crippen LogP) is 0.453. The number of sulfone groups is 1. The molecule has 0 bridgehead atoms. The number of aryl methyl sites for hydroxylation is 1. The minimum Gasteiger partial charge on any atom is -0.396 e. The van der Waals surface area contributed by atoms with E-state index in [4.69, 9.17) is 5.73 Å². The molecule has 1 aromatic rings. The monoisotopic (exact) mass is 243 g/mol. The normalized spacial score (nSPS) is 11.4. The van der Waals surface area contributed by atoms with Gasteiger partial charge in [0.25, 0.3) is 0 Å². The van der Waals surface area contributed by atoms with Gasteiger partial charge in [-0.1, -0.05) is 0 Å². The topological polar surface area (TPSA) is 76.3 Å².